The van der Waals surface area contributed by atoms with Gasteiger partial charge in [-0.05, 0) is 96.2 Å². The van der Waals surface area contributed by atoms with Crippen molar-refractivity contribution in [3.05, 3.63) is 136 Å². The molecule has 4 aromatic rings. The van der Waals surface area contributed by atoms with Gasteiger partial charge in [-0.2, -0.15) is 0 Å². The topological polar surface area (TPSA) is 119 Å². The molecular weight excluding hydrogens is 963 g/mol. The molecule has 0 aliphatic carbocycles. The van der Waals surface area contributed by atoms with Gasteiger partial charge in [-0.1, -0.05) is 12.1 Å². The second-order valence-electron chi connectivity index (χ2n) is 17.3. The van der Waals surface area contributed by atoms with Crippen molar-refractivity contribution in [2.75, 3.05) is 13.1 Å². The van der Waals surface area contributed by atoms with E-state index in [4.69, 9.17) is 9.47 Å². The summed E-state index contributed by atoms with van der Waals surface area (Å²) in [6.07, 6.45) is 7.28. The maximum Gasteiger partial charge on any atom is 0.410 e. The average Bonchev–Trinajstić information content (AvgIpc) is 3.87. The molecule has 2 unspecified atom stereocenters. The molecule has 19 heteroatoms. The number of aromatic nitrogens is 2. The first-order valence-corrected chi connectivity index (χ1v) is 20.1. The molecule has 0 N–H and O–H groups in total. The number of nitrogens with zero attached hydrogens (tertiary/aromatic N) is 4. The first-order chi connectivity index (χ1) is 30.0. The van der Waals surface area contributed by atoms with Crippen LogP contribution in [-0.4, -0.2) is 79.9 Å². The van der Waals surface area contributed by atoms with Gasteiger partial charge < -0.3 is 9.47 Å². The van der Waals surface area contributed by atoms with Crippen LogP contribution in [0.25, 0.3) is 6.08 Å². The number of rotatable bonds is 9. The van der Waals surface area contributed by atoms with Gasteiger partial charge in [-0.15, -0.1) is 0 Å². The molecule has 0 spiro atoms. The van der Waals surface area contributed by atoms with Gasteiger partial charge in [0.1, 0.15) is 11.2 Å². The van der Waals surface area contributed by atoms with Gasteiger partial charge in [0.15, 0.2) is 58.1 Å². The van der Waals surface area contributed by atoms with Gasteiger partial charge in [0, 0.05) is 99.8 Å². The maximum absolute atomic E-state index is 14.4. The van der Waals surface area contributed by atoms with Crippen LogP contribution >= 0.6 is 0 Å². The predicted octanol–water partition coefficient (Wildman–Crippen LogP) is 9.94. The van der Waals surface area contributed by atoms with E-state index in [9.17, 15) is 54.3 Å². The third-order valence-corrected chi connectivity index (χ3v) is 10.2. The number of hydrogen-bond donors (Lipinski definition) is 0. The molecule has 2 aromatic carbocycles. The number of ether oxygens (including phenoxy) is 2. The van der Waals surface area contributed by atoms with E-state index in [1.165, 1.54) is 18.3 Å². The van der Waals surface area contributed by atoms with Gasteiger partial charge in [0.2, 0.25) is 0 Å². The van der Waals surface area contributed by atoms with Crippen molar-refractivity contribution in [1.82, 2.24) is 19.8 Å². The second kappa shape index (κ2) is 21.6. The number of Topliss-reactive ketones (excluding diaryl/α,β-unsaturated/α-hetero) is 1. The number of carbonyl (C=O) groups excluding carboxylic acids is 4. The van der Waals surface area contributed by atoms with Crippen LogP contribution in [0.3, 0.4) is 0 Å². The third kappa shape index (κ3) is 13.3. The molecule has 352 valence electrons. The zero-order valence-electron chi connectivity index (χ0n) is 36.1. The van der Waals surface area contributed by atoms with Crippen LogP contribution in [0.1, 0.15) is 94.9 Å². The van der Waals surface area contributed by atoms with E-state index < -0.39 is 111 Å². The van der Waals surface area contributed by atoms with E-state index in [-0.39, 0.29) is 70.7 Å². The second-order valence-corrected chi connectivity index (χ2v) is 17.3. The van der Waals surface area contributed by atoms with Gasteiger partial charge >= 0.3 is 12.2 Å². The van der Waals surface area contributed by atoms with Crippen molar-refractivity contribution < 1.29 is 84.2 Å². The molecule has 65 heavy (non-hydrogen) atoms. The van der Waals surface area contributed by atoms with Crippen molar-refractivity contribution in [3.63, 3.8) is 0 Å². The van der Waals surface area contributed by atoms with E-state index in [0.29, 0.717) is 12.0 Å². The van der Waals surface area contributed by atoms with Gasteiger partial charge in [0.05, 0.1) is 12.1 Å². The summed E-state index contributed by atoms with van der Waals surface area (Å²) in [6, 6.07) is 4.97. The first kappa shape index (κ1) is 52.1. The fourth-order valence-corrected chi connectivity index (χ4v) is 7.35. The largest absolute Gasteiger partial charge is 0.444 e. The number of aryl methyl sites for hydroxylation is 1. The zero-order chi connectivity index (χ0) is 47.3. The Morgan fingerprint density at radius 1 is 0.662 bits per heavy atom. The standard InChI is InChI=1S/C23H24F4N2O3.C23H22F4N2O3.Pd/c2*1-23(2,3)32-22(31)29-12-14(19-20(26)15(24)10-16(25)21(19)27)9-17(29)18(30)7-6-13-5-4-8-28-11-13;/h4-5,8,10-11,14,17H,6-7,9,12H2,1-3H3;4-8,10-11,14,17H,9,12H2,1-3H3;/b;7-6+;/t2*14-,17?;/m00./s1. The molecule has 4 heterocycles. The summed E-state index contributed by atoms with van der Waals surface area (Å²) in [5, 5.41) is 0. The van der Waals surface area contributed by atoms with Crippen LogP contribution in [0.5, 0.6) is 0 Å². The summed E-state index contributed by atoms with van der Waals surface area (Å²) in [4.78, 5) is 61.3. The summed E-state index contributed by atoms with van der Waals surface area (Å²) >= 11 is 0. The first-order valence-electron chi connectivity index (χ1n) is 20.1. The smallest absolute Gasteiger partial charge is 0.410 e. The minimum atomic E-state index is -1.55. The average molecular weight is 1010 g/mol. The number of benzene rings is 2. The molecule has 2 aromatic heterocycles. The fraction of sp³-hybridized carbons (Fsp3) is 0.391. The molecule has 2 aliphatic rings. The minimum absolute atomic E-state index is 0. The van der Waals surface area contributed by atoms with E-state index in [1.807, 2.05) is 0 Å². The predicted molar refractivity (Wildman–Crippen MR) is 217 cm³/mol. The van der Waals surface area contributed by atoms with Crippen molar-refractivity contribution in [2.24, 2.45) is 0 Å². The SMILES string of the molecule is CC(C)(C)OC(=O)N1C[C@@H](c2c(F)c(F)cc(F)c2F)CC1C(=O)/C=C/c1cccnc1.CC(C)(C)OC(=O)N1C[C@@H](c2c(F)c(F)cc(F)c2F)CC1C(=O)CCc1cccnc1.[Pd]. The normalized spacial score (nSPS) is 18.5. The van der Waals surface area contributed by atoms with Crippen molar-refractivity contribution in [3.8, 4) is 0 Å². The summed E-state index contributed by atoms with van der Waals surface area (Å²) in [5.41, 5.74) is -1.97. The van der Waals surface area contributed by atoms with Crippen LogP contribution in [0.4, 0.5) is 44.7 Å². The van der Waals surface area contributed by atoms with Crippen LogP contribution < -0.4 is 0 Å². The quantitative estimate of drug-likeness (QED) is 0.0704. The number of amides is 2. The fourth-order valence-electron chi connectivity index (χ4n) is 7.35. The molecule has 2 aliphatic heterocycles. The Morgan fingerprint density at radius 2 is 1.09 bits per heavy atom. The number of ketones is 2. The molecule has 0 saturated carbocycles. The summed E-state index contributed by atoms with van der Waals surface area (Å²) in [7, 11) is 0. The number of hydrogen-bond acceptors (Lipinski definition) is 8. The maximum atomic E-state index is 14.4. The Kier molecular flexibility index (Phi) is 17.3. The molecule has 2 fully saturated rings. The number of likely N-dealkylation sites (tertiary alicyclic amines) is 2. The number of carbonyl (C=O) groups is 4. The van der Waals surface area contributed by atoms with Gasteiger partial charge in [-0.3, -0.25) is 29.4 Å². The number of pyridine rings is 2. The Balaban J connectivity index is 0.000000280. The Labute approximate surface area is 384 Å². The van der Waals surface area contributed by atoms with Gasteiger partial charge in [0.25, 0.3) is 0 Å². The van der Waals surface area contributed by atoms with Gasteiger partial charge in [-0.25, -0.2) is 44.7 Å². The molecule has 2 amide bonds. The van der Waals surface area contributed by atoms with E-state index in [0.717, 1.165) is 15.4 Å². The minimum Gasteiger partial charge on any atom is -0.444 e. The summed E-state index contributed by atoms with van der Waals surface area (Å²) in [5.74, 6) is -15.4. The van der Waals surface area contributed by atoms with Crippen molar-refractivity contribution >= 4 is 29.8 Å². The third-order valence-electron chi connectivity index (χ3n) is 10.2. The molecule has 4 atom stereocenters. The van der Waals surface area contributed by atoms with Crippen LogP contribution in [0.15, 0.2) is 67.3 Å². The Morgan fingerprint density at radius 3 is 1.51 bits per heavy atom. The Hall–Kier alpha value is -5.54. The van der Waals surface area contributed by atoms with E-state index >= 15 is 0 Å². The van der Waals surface area contributed by atoms with E-state index in [1.54, 1.807) is 84.4 Å². The zero-order valence-corrected chi connectivity index (χ0v) is 37.6. The molecular formula is C46H46F8N4O6Pd. The Bertz CT molecular complexity index is 2350. The molecule has 2 saturated heterocycles. The molecule has 0 bridgehead atoms. The van der Waals surface area contributed by atoms with Crippen molar-refractivity contribution in [2.45, 2.75) is 102 Å². The van der Waals surface area contributed by atoms with Crippen LogP contribution in [-0.2, 0) is 45.9 Å². The molecule has 0 radical (unpaired) electrons. The van der Waals surface area contributed by atoms with Crippen molar-refractivity contribution in [1.29, 1.82) is 0 Å². The molecule has 6 rings (SSSR count). The van der Waals surface area contributed by atoms with Crippen LogP contribution in [0.2, 0.25) is 0 Å². The summed E-state index contributed by atoms with van der Waals surface area (Å²) < 4.78 is 123. The number of halogens is 8. The van der Waals surface area contributed by atoms with Crippen LogP contribution in [0, 0.1) is 46.5 Å². The molecule has 10 nitrogen and oxygen atoms in total. The summed E-state index contributed by atoms with van der Waals surface area (Å²) in [6.45, 7) is 9.13. The monoisotopic (exact) mass is 1010 g/mol. The van der Waals surface area contributed by atoms with E-state index in [2.05, 4.69) is 9.97 Å².